The van der Waals surface area contributed by atoms with Gasteiger partial charge in [0.1, 0.15) is 5.75 Å². The van der Waals surface area contributed by atoms with E-state index in [0.717, 1.165) is 31.5 Å². The van der Waals surface area contributed by atoms with Gasteiger partial charge in [-0.3, -0.25) is 0 Å². The van der Waals surface area contributed by atoms with Gasteiger partial charge in [0.25, 0.3) is 0 Å². The van der Waals surface area contributed by atoms with E-state index in [4.69, 9.17) is 0 Å². The van der Waals surface area contributed by atoms with E-state index in [9.17, 15) is 5.11 Å². The van der Waals surface area contributed by atoms with Gasteiger partial charge in [-0.25, -0.2) is 0 Å². The van der Waals surface area contributed by atoms with E-state index in [1.807, 2.05) is 13.0 Å². The molecule has 1 aromatic rings. The molecule has 0 fully saturated rings. The number of nitrogens with zero attached hydrogens (tertiary/aromatic N) is 1. The van der Waals surface area contributed by atoms with Crippen LogP contribution in [-0.2, 0) is 12.8 Å². The Bertz CT molecular complexity index is 346. The maximum absolute atomic E-state index is 9.62. The lowest BCUT2D eigenvalue weighted by Crippen LogP contribution is -2.20. The summed E-state index contributed by atoms with van der Waals surface area (Å²) in [6.45, 7) is 4.23. The van der Waals surface area contributed by atoms with Gasteiger partial charge in [0.05, 0.1) is 0 Å². The molecule has 1 heterocycles. The number of hydrogen-bond donors (Lipinski definition) is 1. The minimum Gasteiger partial charge on any atom is -0.508 e. The molecular formula is C12H17NO. The number of aromatic hydroxyl groups is 1. The molecule has 0 saturated heterocycles. The highest BCUT2D eigenvalue weighted by Gasteiger charge is 2.14. The molecule has 1 N–H and O–H groups in total. The van der Waals surface area contributed by atoms with Crippen molar-refractivity contribution in [2.24, 2.45) is 0 Å². The maximum Gasteiger partial charge on any atom is 0.118 e. The Morgan fingerprint density at radius 1 is 1.21 bits per heavy atom. The van der Waals surface area contributed by atoms with Gasteiger partial charge >= 0.3 is 0 Å². The zero-order valence-corrected chi connectivity index (χ0v) is 8.88. The van der Waals surface area contributed by atoms with Crippen LogP contribution in [0.2, 0.25) is 0 Å². The van der Waals surface area contributed by atoms with Gasteiger partial charge in [-0.1, -0.05) is 6.07 Å². The van der Waals surface area contributed by atoms with Crippen molar-refractivity contribution in [1.82, 2.24) is 4.90 Å². The van der Waals surface area contributed by atoms with Crippen molar-refractivity contribution in [1.29, 1.82) is 0 Å². The molecule has 1 aromatic carbocycles. The van der Waals surface area contributed by atoms with E-state index in [1.165, 1.54) is 11.1 Å². The molecular weight excluding hydrogens is 174 g/mol. The fourth-order valence-electron chi connectivity index (χ4n) is 2.11. The van der Waals surface area contributed by atoms with Crippen LogP contribution in [0.25, 0.3) is 0 Å². The zero-order chi connectivity index (χ0) is 10.1. The summed E-state index contributed by atoms with van der Waals surface area (Å²) < 4.78 is 0. The van der Waals surface area contributed by atoms with Crippen LogP contribution in [0.3, 0.4) is 0 Å². The standard InChI is InChI=1S/C12H17NO/c1-9-11-6-8-13(2)7-5-10(11)3-4-12(9)14/h3-4,14H,5-8H2,1-2H3. The van der Waals surface area contributed by atoms with E-state index in [-0.39, 0.29) is 0 Å². The summed E-state index contributed by atoms with van der Waals surface area (Å²) in [4.78, 5) is 2.34. The molecule has 0 spiro atoms. The topological polar surface area (TPSA) is 23.5 Å². The van der Waals surface area contributed by atoms with Gasteiger partial charge in [-0.2, -0.15) is 0 Å². The van der Waals surface area contributed by atoms with E-state index in [1.54, 1.807) is 0 Å². The number of rotatable bonds is 0. The molecule has 0 unspecified atom stereocenters. The summed E-state index contributed by atoms with van der Waals surface area (Å²) in [5.41, 5.74) is 3.83. The first-order valence-electron chi connectivity index (χ1n) is 5.17. The smallest absolute Gasteiger partial charge is 0.118 e. The summed E-state index contributed by atoms with van der Waals surface area (Å²) in [6.07, 6.45) is 2.17. The highest BCUT2D eigenvalue weighted by atomic mass is 16.3. The molecule has 2 nitrogen and oxygen atoms in total. The highest BCUT2D eigenvalue weighted by molar-refractivity contribution is 5.44. The van der Waals surface area contributed by atoms with E-state index in [2.05, 4.69) is 18.0 Å². The van der Waals surface area contributed by atoms with Gasteiger partial charge in [0, 0.05) is 13.1 Å². The Morgan fingerprint density at radius 2 is 1.93 bits per heavy atom. The fraction of sp³-hybridized carbons (Fsp3) is 0.500. The molecule has 2 rings (SSSR count). The summed E-state index contributed by atoms with van der Waals surface area (Å²) >= 11 is 0. The first kappa shape index (κ1) is 9.53. The maximum atomic E-state index is 9.62. The molecule has 1 aliphatic rings. The second-order valence-corrected chi connectivity index (χ2v) is 4.15. The zero-order valence-electron chi connectivity index (χ0n) is 8.88. The first-order chi connectivity index (χ1) is 6.68. The average Bonchev–Trinajstić information content (AvgIpc) is 2.35. The molecule has 0 aromatic heterocycles. The van der Waals surface area contributed by atoms with Crippen molar-refractivity contribution in [3.05, 3.63) is 28.8 Å². The summed E-state index contributed by atoms with van der Waals surface area (Å²) in [6, 6.07) is 3.89. The van der Waals surface area contributed by atoms with Crippen molar-refractivity contribution in [2.75, 3.05) is 20.1 Å². The molecule has 76 valence electrons. The van der Waals surface area contributed by atoms with Crippen LogP contribution in [-0.4, -0.2) is 30.1 Å². The number of phenols is 1. The number of hydrogen-bond acceptors (Lipinski definition) is 2. The Labute approximate surface area is 85.2 Å². The SMILES string of the molecule is Cc1c(O)ccc2c1CCN(C)CC2. The van der Waals surface area contributed by atoms with Crippen molar-refractivity contribution in [3.8, 4) is 5.75 Å². The van der Waals surface area contributed by atoms with Crippen LogP contribution < -0.4 is 0 Å². The van der Waals surface area contributed by atoms with Gasteiger partial charge < -0.3 is 10.0 Å². The second-order valence-electron chi connectivity index (χ2n) is 4.15. The van der Waals surface area contributed by atoms with Gasteiger partial charge in [-0.15, -0.1) is 0 Å². The Balaban J connectivity index is 2.41. The minimum absolute atomic E-state index is 0.438. The van der Waals surface area contributed by atoms with Gasteiger partial charge in [-0.05, 0) is 49.6 Å². The molecule has 0 saturated carbocycles. The lowest BCUT2D eigenvalue weighted by atomic mass is 9.97. The predicted molar refractivity (Wildman–Crippen MR) is 57.7 cm³/mol. The number of phenolic OH excluding ortho intramolecular Hbond substituents is 1. The predicted octanol–water partition coefficient (Wildman–Crippen LogP) is 1.73. The molecule has 0 amide bonds. The molecule has 14 heavy (non-hydrogen) atoms. The number of likely N-dealkylation sites (N-methyl/N-ethyl adjacent to an activating group) is 1. The normalized spacial score (nSPS) is 17.6. The van der Waals surface area contributed by atoms with Crippen LogP contribution in [0.15, 0.2) is 12.1 Å². The number of fused-ring (bicyclic) bond motifs is 1. The molecule has 0 bridgehead atoms. The Kier molecular flexibility index (Phi) is 2.46. The molecule has 1 aliphatic heterocycles. The lowest BCUT2D eigenvalue weighted by Gasteiger charge is -2.11. The average molecular weight is 191 g/mol. The first-order valence-corrected chi connectivity index (χ1v) is 5.17. The third kappa shape index (κ3) is 1.62. The minimum atomic E-state index is 0.438. The molecule has 2 heteroatoms. The highest BCUT2D eigenvalue weighted by Crippen LogP contribution is 2.26. The summed E-state index contributed by atoms with van der Waals surface area (Å²) in [5, 5.41) is 9.62. The molecule has 0 atom stereocenters. The van der Waals surface area contributed by atoms with Crippen LogP contribution in [0.5, 0.6) is 5.75 Å². The number of benzene rings is 1. The molecule has 0 aliphatic carbocycles. The van der Waals surface area contributed by atoms with Crippen LogP contribution in [0, 0.1) is 6.92 Å². The van der Waals surface area contributed by atoms with Crippen molar-refractivity contribution >= 4 is 0 Å². The van der Waals surface area contributed by atoms with E-state index in [0.29, 0.717) is 5.75 Å². The van der Waals surface area contributed by atoms with E-state index < -0.39 is 0 Å². The largest absolute Gasteiger partial charge is 0.508 e. The Hall–Kier alpha value is -1.02. The van der Waals surface area contributed by atoms with Gasteiger partial charge in [0.2, 0.25) is 0 Å². The van der Waals surface area contributed by atoms with Crippen molar-refractivity contribution < 1.29 is 5.11 Å². The third-order valence-electron chi connectivity index (χ3n) is 3.17. The summed E-state index contributed by atoms with van der Waals surface area (Å²) in [7, 11) is 2.15. The lowest BCUT2D eigenvalue weighted by molar-refractivity contribution is 0.352. The van der Waals surface area contributed by atoms with Crippen LogP contribution in [0.4, 0.5) is 0 Å². The fourth-order valence-corrected chi connectivity index (χ4v) is 2.11. The Morgan fingerprint density at radius 3 is 2.71 bits per heavy atom. The monoisotopic (exact) mass is 191 g/mol. The van der Waals surface area contributed by atoms with E-state index >= 15 is 0 Å². The summed E-state index contributed by atoms with van der Waals surface area (Å²) in [5.74, 6) is 0.438. The van der Waals surface area contributed by atoms with Crippen LogP contribution in [0.1, 0.15) is 16.7 Å². The molecule has 0 radical (unpaired) electrons. The third-order valence-corrected chi connectivity index (χ3v) is 3.17. The van der Waals surface area contributed by atoms with Gasteiger partial charge in [0.15, 0.2) is 0 Å². The quantitative estimate of drug-likeness (QED) is 0.675. The second kappa shape index (κ2) is 3.62. The van der Waals surface area contributed by atoms with Crippen LogP contribution >= 0.6 is 0 Å². The van der Waals surface area contributed by atoms with Crippen molar-refractivity contribution in [3.63, 3.8) is 0 Å². The van der Waals surface area contributed by atoms with Crippen molar-refractivity contribution in [2.45, 2.75) is 19.8 Å².